The Bertz CT molecular complexity index is 928. The summed E-state index contributed by atoms with van der Waals surface area (Å²) in [5.74, 6) is -1.73. The minimum absolute atomic E-state index is 0.0491. The van der Waals surface area contributed by atoms with Crippen molar-refractivity contribution in [2.75, 3.05) is 26.3 Å². The molecular weight excluding hydrogens is 404 g/mol. The van der Waals surface area contributed by atoms with Crippen molar-refractivity contribution in [1.82, 2.24) is 4.31 Å². The molecule has 0 fully saturated rings. The first-order chi connectivity index (χ1) is 13.8. The van der Waals surface area contributed by atoms with E-state index in [4.69, 9.17) is 9.47 Å². The van der Waals surface area contributed by atoms with E-state index in [1.165, 1.54) is 28.6 Å². The highest BCUT2D eigenvalue weighted by atomic mass is 32.2. The Morgan fingerprint density at radius 1 is 1.00 bits per heavy atom. The predicted molar refractivity (Wildman–Crippen MR) is 103 cm³/mol. The third-order valence-corrected chi connectivity index (χ3v) is 6.15. The van der Waals surface area contributed by atoms with E-state index >= 15 is 0 Å². The van der Waals surface area contributed by atoms with Gasteiger partial charge in [0, 0.05) is 19.5 Å². The van der Waals surface area contributed by atoms with Crippen LogP contribution in [0.2, 0.25) is 0 Å². The number of esters is 1. The normalized spacial score (nSPS) is 11.5. The Labute approximate surface area is 169 Å². The van der Waals surface area contributed by atoms with Crippen molar-refractivity contribution in [2.45, 2.75) is 25.2 Å². The van der Waals surface area contributed by atoms with E-state index < -0.39 is 27.4 Å². The summed E-state index contributed by atoms with van der Waals surface area (Å²) in [5.41, 5.74) is -0.447. The molecule has 0 saturated carbocycles. The van der Waals surface area contributed by atoms with Gasteiger partial charge in [0.15, 0.2) is 0 Å². The van der Waals surface area contributed by atoms with Crippen molar-refractivity contribution in [3.8, 4) is 5.75 Å². The van der Waals surface area contributed by atoms with Crippen LogP contribution >= 0.6 is 0 Å². The van der Waals surface area contributed by atoms with Crippen LogP contribution in [0.1, 0.15) is 30.6 Å². The number of hydrogen-bond donors (Lipinski definition) is 0. The summed E-state index contributed by atoms with van der Waals surface area (Å²) in [6, 6.07) is 8.51. The van der Waals surface area contributed by atoms with Crippen LogP contribution in [0.25, 0.3) is 0 Å². The number of rotatable bonds is 10. The Kier molecular flexibility index (Phi) is 8.10. The molecule has 6 nitrogen and oxygen atoms in total. The van der Waals surface area contributed by atoms with Gasteiger partial charge < -0.3 is 9.47 Å². The fourth-order valence-electron chi connectivity index (χ4n) is 2.56. The van der Waals surface area contributed by atoms with Gasteiger partial charge in [0.25, 0.3) is 0 Å². The van der Waals surface area contributed by atoms with Crippen LogP contribution in [0.5, 0.6) is 5.75 Å². The molecule has 0 spiro atoms. The first-order valence-corrected chi connectivity index (χ1v) is 10.6. The number of halogens is 2. The lowest BCUT2D eigenvalue weighted by atomic mass is 10.2. The van der Waals surface area contributed by atoms with E-state index in [1.807, 2.05) is 0 Å². The van der Waals surface area contributed by atoms with Gasteiger partial charge in [-0.2, -0.15) is 4.31 Å². The Hall–Kier alpha value is -2.52. The summed E-state index contributed by atoms with van der Waals surface area (Å²) >= 11 is 0. The highest BCUT2D eigenvalue weighted by Crippen LogP contribution is 2.20. The highest BCUT2D eigenvalue weighted by molar-refractivity contribution is 7.89. The number of carbonyl (C=O) groups excluding carboxylic acids is 1. The third kappa shape index (κ3) is 5.98. The smallest absolute Gasteiger partial charge is 0.341 e. The molecule has 2 rings (SSSR count). The highest BCUT2D eigenvalue weighted by Gasteiger charge is 2.24. The van der Waals surface area contributed by atoms with Crippen LogP contribution in [0.3, 0.4) is 0 Å². The largest absolute Gasteiger partial charge is 0.493 e. The van der Waals surface area contributed by atoms with Gasteiger partial charge in [-0.1, -0.05) is 13.8 Å². The van der Waals surface area contributed by atoms with Gasteiger partial charge in [-0.05, 0) is 42.5 Å². The summed E-state index contributed by atoms with van der Waals surface area (Å²) in [6.45, 7) is 4.04. The lowest BCUT2D eigenvalue weighted by Gasteiger charge is -2.18. The van der Waals surface area contributed by atoms with Crippen LogP contribution in [-0.2, 0) is 14.8 Å². The van der Waals surface area contributed by atoms with E-state index in [0.29, 0.717) is 12.2 Å². The molecule has 0 aliphatic carbocycles. The maximum Gasteiger partial charge on any atom is 0.341 e. The fraction of sp³-hybridized carbons (Fsp3) is 0.350. The molecule has 0 aliphatic rings. The lowest BCUT2D eigenvalue weighted by Crippen LogP contribution is -2.30. The molecule has 0 bridgehead atoms. The molecule has 0 aromatic heterocycles. The maximum absolute atomic E-state index is 14.0. The Morgan fingerprint density at radius 2 is 1.66 bits per heavy atom. The van der Waals surface area contributed by atoms with Gasteiger partial charge in [0.1, 0.15) is 17.4 Å². The summed E-state index contributed by atoms with van der Waals surface area (Å²) in [6.07, 6.45) is 0.322. The van der Waals surface area contributed by atoms with E-state index in [-0.39, 0.29) is 37.0 Å². The zero-order valence-electron chi connectivity index (χ0n) is 16.2. The molecule has 0 unspecified atom stereocenters. The second-order valence-electron chi connectivity index (χ2n) is 6.02. The average Bonchev–Trinajstić information content (AvgIpc) is 2.70. The standard InChI is InChI=1S/C20H23F2NO5S/c1-3-23(4-2)29(25,26)17-10-11-19(22)18(14-17)20(24)28-13-5-12-27-16-8-6-15(21)7-9-16/h6-11,14H,3-5,12-13H2,1-2H3. The zero-order chi connectivity index (χ0) is 21.4. The monoisotopic (exact) mass is 427 g/mol. The molecule has 0 N–H and O–H groups in total. The Morgan fingerprint density at radius 3 is 2.28 bits per heavy atom. The van der Waals surface area contributed by atoms with Crippen molar-refractivity contribution in [1.29, 1.82) is 0 Å². The van der Waals surface area contributed by atoms with Crippen molar-refractivity contribution < 1.29 is 31.5 Å². The van der Waals surface area contributed by atoms with Crippen molar-refractivity contribution >= 4 is 16.0 Å². The third-order valence-electron chi connectivity index (χ3n) is 4.11. The predicted octanol–water partition coefficient (Wildman–Crippen LogP) is 3.62. The first kappa shape index (κ1) is 22.8. The number of sulfonamides is 1. The van der Waals surface area contributed by atoms with Gasteiger partial charge in [-0.15, -0.1) is 0 Å². The SMILES string of the molecule is CCN(CC)S(=O)(=O)c1ccc(F)c(C(=O)OCCCOc2ccc(F)cc2)c1. The number of hydrogen-bond acceptors (Lipinski definition) is 5. The summed E-state index contributed by atoms with van der Waals surface area (Å²) in [5, 5.41) is 0. The molecule has 2 aromatic rings. The fourth-order valence-corrected chi connectivity index (χ4v) is 4.04. The summed E-state index contributed by atoms with van der Waals surface area (Å²) in [7, 11) is -3.82. The molecule has 9 heteroatoms. The van der Waals surface area contributed by atoms with E-state index in [9.17, 15) is 22.0 Å². The van der Waals surface area contributed by atoms with Crippen LogP contribution in [0, 0.1) is 11.6 Å². The number of ether oxygens (including phenoxy) is 2. The minimum Gasteiger partial charge on any atom is -0.493 e. The first-order valence-electron chi connectivity index (χ1n) is 9.14. The van der Waals surface area contributed by atoms with Gasteiger partial charge in [0.05, 0.1) is 23.7 Å². The topological polar surface area (TPSA) is 72.9 Å². The van der Waals surface area contributed by atoms with E-state index in [1.54, 1.807) is 13.8 Å². The number of benzene rings is 2. The van der Waals surface area contributed by atoms with Gasteiger partial charge in [0.2, 0.25) is 10.0 Å². The maximum atomic E-state index is 14.0. The van der Waals surface area contributed by atoms with Gasteiger partial charge >= 0.3 is 5.97 Å². The summed E-state index contributed by atoms with van der Waals surface area (Å²) < 4.78 is 63.5. The van der Waals surface area contributed by atoms with Gasteiger partial charge in [-0.3, -0.25) is 0 Å². The second kappa shape index (κ2) is 10.3. The Balaban J connectivity index is 1.95. The lowest BCUT2D eigenvalue weighted by molar-refractivity contribution is 0.0480. The molecule has 29 heavy (non-hydrogen) atoms. The molecule has 0 atom stereocenters. The van der Waals surface area contributed by atoms with E-state index in [2.05, 4.69) is 0 Å². The number of carbonyl (C=O) groups is 1. The van der Waals surface area contributed by atoms with E-state index in [0.717, 1.165) is 18.2 Å². The van der Waals surface area contributed by atoms with Crippen LogP contribution in [-0.4, -0.2) is 45.0 Å². The quantitative estimate of drug-likeness (QED) is 0.428. The van der Waals surface area contributed by atoms with Crippen molar-refractivity contribution in [3.63, 3.8) is 0 Å². The molecule has 0 saturated heterocycles. The van der Waals surface area contributed by atoms with Gasteiger partial charge in [-0.25, -0.2) is 22.0 Å². The number of nitrogens with zero attached hydrogens (tertiary/aromatic N) is 1. The molecule has 0 amide bonds. The minimum atomic E-state index is -3.82. The molecule has 0 aliphatic heterocycles. The average molecular weight is 427 g/mol. The summed E-state index contributed by atoms with van der Waals surface area (Å²) in [4.78, 5) is 12.0. The molecular formula is C20H23F2NO5S. The van der Waals surface area contributed by atoms with Crippen molar-refractivity contribution in [2.24, 2.45) is 0 Å². The molecule has 158 valence electrons. The van der Waals surface area contributed by atoms with Crippen LogP contribution < -0.4 is 4.74 Å². The zero-order valence-corrected chi connectivity index (χ0v) is 17.0. The second-order valence-corrected chi connectivity index (χ2v) is 7.96. The molecule has 0 radical (unpaired) electrons. The molecule has 2 aromatic carbocycles. The van der Waals surface area contributed by atoms with Crippen molar-refractivity contribution in [3.05, 3.63) is 59.7 Å². The molecule has 0 heterocycles. The van der Waals surface area contributed by atoms with Crippen LogP contribution in [0.15, 0.2) is 47.4 Å². The van der Waals surface area contributed by atoms with Crippen LogP contribution in [0.4, 0.5) is 8.78 Å².